The molecule has 19 heavy (non-hydrogen) atoms. The minimum atomic E-state index is -1.16. The Kier molecular flexibility index (Phi) is 4.01. The van der Waals surface area contributed by atoms with Gasteiger partial charge >= 0.3 is 5.97 Å². The van der Waals surface area contributed by atoms with Crippen LogP contribution in [-0.4, -0.2) is 16.1 Å². The fourth-order valence-electron chi connectivity index (χ4n) is 1.28. The topological polar surface area (TPSA) is 59.4 Å². The van der Waals surface area contributed by atoms with E-state index in [1.54, 1.807) is 6.07 Å². The van der Waals surface area contributed by atoms with Crippen LogP contribution in [0, 0.1) is 5.82 Å². The van der Waals surface area contributed by atoms with Crippen LogP contribution >= 0.6 is 27.5 Å². The molecule has 2 aromatic rings. The third-order valence-electron chi connectivity index (χ3n) is 2.15. The zero-order valence-electron chi connectivity index (χ0n) is 9.23. The number of aromatic nitrogens is 1. The third kappa shape index (κ3) is 3.21. The number of ether oxygens (including phenoxy) is 1. The summed E-state index contributed by atoms with van der Waals surface area (Å²) < 4.78 is 19.3. The van der Waals surface area contributed by atoms with E-state index in [9.17, 15) is 9.18 Å². The summed E-state index contributed by atoms with van der Waals surface area (Å²) in [6.45, 7) is 0. The van der Waals surface area contributed by atoms with Gasteiger partial charge in [0.25, 0.3) is 0 Å². The van der Waals surface area contributed by atoms with E-state index in [2.05, 4.69) is 20.9 Å². The SMILES string of the molecule is O=C(O)c1cnc(Oc2ccc(Br)cc2F)c(Cl)c1. The van der Waals surface area contributed by atoms with Gasteiger partial charge in [-0.3, -0.25) is 0 Å². The minimum absolute atomic E-state index is 0.0118. The molecule has 0 fully saturated rings. The van der Waals surface area contributed by atoms with E-state index < -0.39 is 11.8 Å². The molecule has 0 saturated carbocycles. The van der Waals surface area contributed by atoms with Gasteiger partial charge in [0, 0.05) is 10.7 Å². The molecule has 2 rings (SSSR count). The second kappa shape index (κ2) is 5.54. The Balaban J connectivity index is 2.31. The molecule has 98 valence electrons. The van der Waals surface area contributed by atoms with E-state index >= 15 is 0 Å². The molecule has 0 spiro atoms. The molecule has 0 radical (unpaired) electrons. The van der Waals surface area contributed by atoms with E-state index in [0.29, 0.717) is 4.47 Å². The highest BCUT2D eigenvalue weighted by Crippen LogP contribution is 2.30. The predicted octanol–water partition coefficient (Wildman–Crippen LogP) is 4.13. The van der Waals surface area contributed by atoms with E-state index in [1.165, 1.54) is 18.2 Å². The molecule has 0 aliphatic heterocycles. The van der Waals surface area contributed by atoms with Gasteiger partial charge in [-0.25, -0.2) is 14.2 Å². The number of carboxylic acid groups (broad SMARTS) is 1. The number of hydrogen-bond donors (Lipinski definition) is 1. The number of halogens is 3. The first kappa shape index (κ1) is 13.8. The molecular formula is C12H6BrClFNO3. The molecule has 0 aliphatic rings. The van der Waals surface area contributed by atoms with Crippen molar-refractivity contribution >= 4 is 33.5 Å². The molecule has 1 aromatic heterocycles. The summed E-state index contributed by atoms with van der Waals surface area (Å²) in [5.41, 5.74) is -0.0753. The summed E-state index contributed by atoms with van der Waals surface area (Å²) >= 11 is 8.94. The van der Waals surface area contributed by atoms with Gasteiger partial charge in [-0.05, 0) is 24.3 Å². The van der Waals surface area contributed by atoms with Crippen molar-refractivity contribution in [1.29, 1.82) is 0 Å². The number of aromatic carboxylic acids is 1. The molecule has 1 heterocycles. The highest BCUT2D eigenvalue weighted by molar-refractivity contribution is 9.10. The zero-order valence-corrected chi connectivity index (χ0v) is 11.6. The van der Waals surface area contributed by atoms with Crippen LogP contribution in [0.4, 0.5) is 4.39 Å². The van der Waals surface area contributed by atoms with Gasteiger partial charge < -0.3 is 9.84 Å². The van der Waals surface area contributed by atoms with Crippen molar-refractivity contribution in [2.45, 2.75) is 0 Å². The van der Waals surface area contributed by atoms with Crippen LogP contribution in [0.15, 0.2) is 34.9 Å². The van der Waals surface area contributed by atoms with Crippen molar-refractivity contribution in [1.82, 2.24) is 4.98 Å². The maximum Gasteiger partial charge on any atom is 0.337 e. The Morgan fingerprint density at radius 1 is 1.42 bits per heavy atom. The highest BCUT2D eigenvalue weighted by atomic mass is 79.9. The lowest BCUT2D eigenvalue weighted by Crippen LogP contribution is -1.99. The fraction of sp³-hybridized carbons (Fsp3) is 0. The summed E-state index contributed by atoms with van der Waals surface area (Å²) in [6, 6.07) is 5.41. The summed E-state index contributed by atoms with van der Waals surface area (Å²) in [5, 5.41) is 8.75. The predicted molar refractivity (Wildman–Crippen MR) is 70.4 cm³/mol. The quantitative estimate of drug-likeness (QED) is 0.908. The molecule has 0 amide bonds. The van der Waals surface area contributed by atoms with Crippen molar-refractivity contribution in [3.63, 3.8) is 0 Å². The van der Waals surface area contributed by atoms with Crippen molar-refractivity contribution in [3.05, 3.63) is 51.3 Å². The zero-order chi connectivity index (χ0) is 14.0. The van der Waals surface area contributed by atoms with Crippen LogP contribution < -0.4 is 4.74 Å². The van der Waals surface area contributed by atoms with E-state index in [-0.39, 0.29) is 22.2 Å². The second-order valence-electron chi connectivity index (χ2n) is 3.49. The molecule has 1 N–H and O–H groups in total. The normalized spacial score (nSPS) is 10.3. The largest absolute Gasteiger partial charge is 0.478 e. The van der Waals surface area contributed by atoms with Crippen LogP contribution in [0.3, 0.4) is 0 Å². The third-order valence-corrected chi connectivity index (χ3v) is 2.92. The fourth-order valence-corrected chi connectivity index (χ4v) is 1.82. The van der Waals surface area contributed by atoms with Crippen molar-refractivity contribution < 1.29 is 19.0 Å². The first-order valence-corrected chi connectivity index (χ1v) is 6.16. The molecular weight excluding hydrogens is 340 g/mol. The molecule has 4 nitrogen and oxygen atoms in total. The van der Waals surface area contributed by atoms with Crippen LogP contribution in [0.2, 0.25) is 5.02 Å². The Morgan fingerprint density at radius 2 is 2.16 bits per heavy atom. The molecule has 0 aliphatic carbocycles. The summed E-state index contributed by atoms with van der Waals surface area (Å²) in [5.74, 6) is -1.86. The number of rotatable bonds is 3. The number of nitrogens with zero attached hydrogens (tertiary/aromatic N) is 1. The van der Waals surface area contributed by atoms with E-state index in [0.717, 1.165) is 6.20 Å². The Bertz CT molecular complexity index is 651. The van der Waals surface area contributed by atoms with Gasteiger partial charge in [0.2, 0.25) is 5.88 Å². The van der Waals surface area contributed by atoms with Crippen LogP contribution in [0.25, 0.3) is 0 Å². The Morgan fingerprint density at radius 3 is 2.74 bits per heavy atom. The van der Waals surface area contributed by atoms with Crippen LogP contribution in [0.5, 0.6) is 11.6 Å². The molecule has 0 atom stereocenters. The molecule has 7 heteroatoms. The smallest absolute Gasteiger partial charge is 0.337 e. The number of carbonyl (C=O) groups is 1. The first-order chi connectivity index (χ1) is 8.97. The maximum absolute atomic E-state index is 13.6. The Hall–Kier alpha value is -1.66. The van der Waals surface area contributed by atoms with Crippen molar-refractivity contribution in [2.24, 2.45) is 0 Å². The molecule has 0 bridgehead atoms. The maximum atomic E-state index is 13.6. The number of pyridine rings is 1. The first-order valence-electron chi connectivity index (χ1n) is 4.99. The lowest BCUT2D eigenvalue weighted by atomic mass is 10.3. The van der Waals surface area contributed by atoms with Gasteiger partial charge in [-0.1, -0.05) is 27.5 Å². The lowest BCUT2D eigenvalue weighted by Gasteiger charge is -2.07. The molecule has 1 aromatic carbocycles. The lowest BCUT2D eigenvalue weighted by molar-refractivity contribution is 0.0696. The Labute approximate surface area is 120 Å². The van der Waals surface area contributed by atoms with E-state index in [4.69, 9.17) is 21.4 Å². The monoisotopic (exact) mass is 345 g/mol. The van der Waals surface area contributed by atoms with Crippen molar-refractivity contribution in [3.8, 4) is 11.6 Å². The summed E-state index contributed by atoms with van der Waals surface area (Å²) in [7, 11) is 0. The number of carboxylic acids is 1. The number of benzene rings is 1. The minimum Gasteiger partial charge on any atom is -0.478 e. The second-order valence-corrected chi connectivity index (χ2v) is 4.82. The molecule has 0 unspecified atom stereocenters. The average molecular weight is 347 g/mol. The van der Waals surface area contributed by atoms with Gasteiger partial charge in [0.05, 0.1) is 5.56 Å². The van der Waals surface area contributed by atoms with Crippen molar-refractivity contribution in [2.75, 3.05) is 0 Å². The van der Waals surface area contributed by atoms with Gasteiger partial charge in [0.1, 0.15) is 5.02 Å². The number of hydrogen-bond acceptors (Lipinski definition) is 3. The van der Waals surface area contributed by atoms with Gasteiger partial charge in [-0.2, -0.15) is 0 Å². The average Bonchev–Trinajstić information content (AvgIpc) is 2.34. The van der Waals surface area contributed by atoms with Gasteiger partial charge in [-0.15, -0.1) is 0 Å². The highest BCUT2D eigenvalue weighted by Gasteiger charge is 2.12. The standard InChI is InChI=1S/C12H6BrClFNO3/c13-7-1-2-10(9(15)4-7)19-11-8(14)3-6(5-16-11)12(17)18/h1-5H,(H,17,18). The molecule has 0 saturated heterocycles. The van der Waals surface area contributed by atoms with Gasteiger partial charge in [0.15, 0.2) is 11.6 Å². The van der Waals surface area contributed by atoms with Crippen LogP contribution in [-0.2, 0) is 0 Å². The summed E-state index contributed by atoms with van der Waals surface area (Å²) in [4.78, 5) is 14.5. The summed E-state index contributed by atoms with van der Waals surface area (Å²) in [6.07, 6.45) is 1.08. The van der Waals surface area contributed by atoms with Crippen LogP contribution in [0.1, 0.15) is 10.4 Å². The van der Waals surface area contributed by atoms with E-state index in [1.807, 2.05) is 0 Å².